The lowest BCUT2D eigenvalue weighted by Gasteiger charge is -2.37. The Morgan fingerprint density at radius 1 is 1.30 bits per heavy atom. The Kier molecular flexibility index (Phi) is 3.81. The molecule has 0 saturated carbocycles. The zero-order valence-corrected chi connectivity index (χ0v) is 13.1. The Labute approximate surface area is 121 Å². The average Bonchev–Trinajstić information content (AvgIpc) is 2.41. The summed E-state index contributed by atoms with van der Waals surface area (Å²) in [6, 6.07) is 0. The van der Waals surface area contributed by atoms with E-state index < -0.39 is 0 Å². The summed E-state index contributed by atoms with van der Waals surface area (Å²) in [5, 5.41) is 0. The molecule has 109 valence electrons. The molecule has 0 aromatic heterocycles. The molecule has 2 rings (SSSR count). The lowest BCUT2D eigenvalue weighted by Crippen LogP contribution is -2.36. The molecule has 0 fully saturated rings. The summed E-state index contributed by atoms with van der Waals surface area (Å²) in [6.45, 7) is 13.5. The van der Waals surface area contributed by atoms with Crippen LogP contribution >= 0.6 is 0 Å². The largest absolute Gasteiger partial charge is 0.487 e. The van der Waals surface area contributed by atoms with Gasteiger partial charge in [-0.2, -0.15) is 0 Å². The van der Waals surface area contributed by atoms with Gasteiger partial charge in [-0.05, 0) is 70.6 Å². The number of carbonyl (C=O) groups excluding carboxylic acids is 1. The quantitative estimate of drug-likeness (QED) is 0.607. The van der Waals surface area contributed by atoms with E-state index in [9.17, 15) is 4.79 Å². The number of esters is 1. The fourth-order valence-corrected chi connectivity index (χ4v) is 2.75. The van der Waals surface area contributed by atoms with E-state index in [0.29, 0.717) is 5.75 Å². The highest BCUT2D eigenvalue weighted by molar-refractivity contribution is 5.72. The highest BCUT2D eigenvalue weighted by Crippen LogP contribution is 2.44. The van der Waals surface area contributed by atoms with E-state index in [1.807, 2.05) is 20.8 Å². The van der Waals surface area contributed by atoms with Crippen molar-refractivity contribution in [1.29, 1.82) is 0 Å². The van der Waals surface area contributed by atoms with Gasteiger partial charge in [0.2, 0.25) is 0 Å². The predicted octanol–water partition coefficient (Wildman–Crippen LogP) is 3.85. The zero-order valence-electron chi connectivity index (χ0n) is 13.1. The number of fused-ring (bicyclic) bond motifs is 1. The van der Waals surface area contributed by atoms with Crippen LogP contribution in [0.25, 0.3) is 0 Å². The molecule has 0 saturated heterocycles. The van der Waals surface area contributed by atoms with E-state index in [1.165, 1.54) is 6.92 Å². The van der Waals surface area contributed by atoms with Gasteiger partial charge in [0.1, 0.15) is 17.1 Å². The van der Waals surface area contributed by atoms with Gasteiger partial charge >= 0.3 is 5.97 Å². The summed E-state index contributed by atoms with van der Waals surface area (Å²) in [7, 11) is 0. The number of hydrogen-bond donors (Lipinski definition) is 0. The standard InChI is InChI=1S/C17H23O3/c1-7-17(6)9-8-14-12(4)15(19-13(5)18)10(2)11(3)16(14)20-17/h1,7-9H2,2-6H3. The first-order valence-corrected chi connectivity index (χ1v) is 7.08. The molecule has 20 heavy (non-hydrogen) atoms. The summed E-state index contributed by atoms with van der Waals surface area (Å²) < 4.78 is 11.6. The Balaban J connectivity index is 2.57. The van der Waals surface area contributed by atoms with Crippen LogP contribution in [0.4, 0.5) is 0 Å². The van der Waals surface area contributed by atoms with Crippen molar-refractivity contribution in [3.05, 3.63) is 29.2 Å². The lowest BCUT2D eigenvalue weighted by atomic mass is 9.86. The maximum atomic E-state index is 11.3. The zero-order chi connectivity index (χ0) is 15.1. The number of benzene rings is 1. The van der Waals surface area contributed by atoms with Gasteiger partial charge in [0.15, 0.2) is 0 Å². The normalized spacial score (nSPS) is 21.1. The van der Waals surface area contributed by atoms with E-state index in [0.717, 1.165) is 47.3 Å². The minimum atomic E-state index is -0.283. The highest BCUT2D eigenvalue weighted by atomic mass is 16.5. The summed E-state index contributed by atoms with van der Waals surface area (Å²) in [4.78, 5) is 11.3. The monoisotopic (exact) mass is 275 g/mol. The van der Waals surface area contributed by atoms with Crippen molar-refractivity contribution < 1.29 is 14.3 Å². The number of carbonyl (C=O) groups is 1. The molecule has 0 N–H and O–H groups in total. The molecule has 0 amide bonds. The van der Waals surface area contributed by atoms with Crippen LogP contribution in [-0.4, -0.2) is 11.6 Å². The molecule has 1 aliphatic heterocycles. The molecule has 0 spiro atoms. The van der Waals surface area contributed by atoms with Crippen molar-refractivity contribution in [2.45, 2.75) is 59.5 Å². The van der Waals surface area contributed by atoms with Gasteiger partial charge < -0.3 is 9.47 Å². The lowest BCUT2D eigenvalue weighted by molar-refractivity contribution is -0.132. The van der Waals surface area contributed by atoms with E-state index in [-0.39, 0.29) is 11.6 Å². The van der Waals surface area contributed by atoms with Crippen molar-refractivity contribution in [2.75, 3.05) is 0 Å². The third-order valence-electron chi connectivity index (χ3n) is 4.34. The van der Waals surface area contributed by atoms with E-state index >= 15 is 0 Å². The fraction of sp³-hybridized carbons (Fsp3) is 0.529. The van der Waals surface area contributed by atoms with Crippen LogP contribution in [0.3, 0.4) is 0 Å². The van der Waals surface area contributed by atoms with E-state index in [4.69, 9.17) is 9.47 Å². The molecule has 3 nitrogen and oxygen atoms in total. The Bertz CT molecular complexity index is 560. The molecule has 1 aromatic rings. The van der Waals surface area contributed by atoms with Crippen molar-refractivity contribution in [2.24, 2.45) is 0 Å². The molecular formula is C17H23O3. The van der Waals surface area contributed by atoms with Gasteiger partial charge in [-0.25, -0.2) is 0 Å². The summed E-state index contributed by atoms with van der Waals surface area (Å²) >= 11 is 0. The second-order valence-electron chi connectivity index (χ2n) is 5.91. The third kappa shape index (κ3) is 2.41. The minimum absolute atomic E-state index is 0.195. The van der Waals surface area contributed by atoms with Crippen molar-refractivity contribution in [3.8, 4) is 11.5 Å². The topological polar surface area (TPSA) is 35.5 Å². The van der Waals surface area contributed by atoms with Crippen molar-refractivity contribution in [1.82, 2.24) is 0 Å². The van der Waals surface area contributed by atoms with E-state index in [2.05, 4.69) is 13.8 Å². The van der Waals surface area contributed by atoms with Crippen LogP contribution in [-0.2, 0) is 11.2 Å². The smallest absolute Gasteiger partial charge is 0.308 e. The van der Waals surface area contributed by atoms with Crippen LogP contribution in [0.15, 0.2) is 0 Å². The first-order valence-electron chi connectivity index (χ1n) is 7.08. The van der Waals surface area contributed by atoms with E-state index in [1.54, 1.807) is 0 Å². The van der Waals surface area contributed by atoms with Crippen molar-refractivity contribution in [3.63, 3.8) is 0 Å². The Hall–Kier alpha value is -1.51. The second-order valence-corrected chi connectivity index (χ2v) is 5.91. The second kappa shape index (κ2) is 5.12. The highest BCUT2D eigenvalue weighted by Gasteiger charge is 2.33. The predicted molar refractivity (Wildman–Crippen MR) is 79.3 cm³/mol. The molecule has 3 heteroatoms. The minimum Gasteiger partial charge on any atom is -0.487 e. The molecule has 1 unspecified atom stereocenters. The average molecular weight is 275 g/mol. The Morgan fingerprint density at radius 3 is 2.50 bits per heavy atom. The fourth-order valence-electron chi connectivity index (χ4n) is 2.75. The van der Waals surface area contributed by atoms with Gasteiger partial charge in [0.05, 0.1) is 0 Å². The molecule has 0 aliphatic carbocycles. The molecule has 1 aromatic carbocycles. The molecule has 1 aliphatic rings. The third-order valence-corrected chi connectivity index (χ3v) is 4.34. The molecule has 1 atom stereocenters. The molecule has 1 radical (unpaired) electrons. The number of ether oxygens (including phenoxy) is 2. The van der Waals surface area contributed by atoms with Crippen LogP contribution in [0, 0.1) is 27.7 Å². The van der Waals surface area contributed by atoms with Crippen LogP contribution < -0.4 is 9.47 Å². The maximum absolute atomic E-state index is 11.3. The first-order chi connectivity index (χ1) is 9.29. The van der Waals surface area contributed by atoms with Gasteiger partial charge in [-0.3, -0.25) is 4.79 Å². The SMILES string of the molecule is [CH2]CC1(C)CCc2c(C)c(OC(C)=O)c(C)c(C)c2O1. The molecule has 0 bridgehead atoms. The van der Waals surface area contributed by atoms with Crippen LogP contribution in [0.5, 0.6) is 11.5 Å². The molecular weight excluding hydrogens is 252 g/mol. The van der Waals surface area contributed by atoms with Gasteiger partial charge in [0.25, 0.3) is 0 Å². The number of rotatable bonds is 2. The van der Waals surface area contributed by atoms with Crippen LogP contribution in [0.2, 0.25) is 0 Å². The summed E-state index contributed by atoms with van der Waals surface area (Å²) in [6.07, 6.45) is 2.62. The number of hydrogen-bond acceptors (Lipinski definition) is 3. The molecule has 1 heterocycles. The van der Waals surface area contributed by atoms with Crippen molar-refractivity contribution >= 4 is 5.97 Å². The Morgan fingerprint density at radius 2 is 1.95 bits per heavy atom. The summed E-state index contributed by atoms with van der Waals surface area (Å²) in [5.41, 5.74) is 4.02. The van der Waals surface area contributed by atoms with Gasteiger partial charge in [-0.1, -0.05) is 0 Å². The first kappa shape index (κ1) is 14.9. The van der Waals surface area contributed by atoms with Gasteiger partial charge in [-0.15, -0.1) is 0 Å². The maximum Gasteiger partial charge on any atom is 0.308 e. The summed E-state index contributed by atoms with van der Waals surface area (Å²) in [5.74, 6) is 1.36. The van der Waals surface area contributed by atoms with Gasteiger partial charge in [0, 0.05) is 12.5 Å². The van der Waals surface area contributed by atoms with Crippen LogP contribution in [0.1, 0.15) is 48.9 Å².